The van der Waals surface area contributed by atoms with Crippen molar-refractivity contribution in [2.45, 2.75) is 77.4 Å². The highest BCUT2D eigenvalue weighted by molar-refractivity contribution is 5.54. The normalized spacial score (nSPS) is 28.6. The monoisotopic (exact) mass is 365 g/mol. The average Bonchev–Trinajstić information content (AvgIpc) is 3.45. The first-order valence-electron chi connectivity index (χ1n) is 10.7. The van der Waals surface area contributed by atoms with Crippen LogP contribution < -0.4 is 10.6 Å². The maximum Gasteiger partial charge on any atom is 0.0697 e. The molecule has 3 nitrogen and oxygen atoms in total. The van der Waals surface area contributed by atoms with E-state index < -0.39 is 0 Å². The lowest BCUT2D eigenvalue weighted by Crippen LogP contribution is -2.43. The van der Waals surface area contributed by atoms with Crippen molar-refractivity contribution in [1.82, 2.24) is 10.6 Å². The molecule has 2 fully saturated rings. The average molecular weight is 366 g/mol. The van der Waals surface area contributed by atoms with Crippen LogP contribution in [-0.4, -0.2) is 24.7 Å². The van der Waals surface area contributed by atoms with Crippen LogP contribution >= 0.6 is 0 Å². The van der Waals surface area contributed by atoms with Crippen LogP contribution in [0.3, 0.4) is 0 Å². The van der Waals surface area contributed by atoms with Crippen LogP contribution in [0.5, 0.6) is 0 Å². The SMILES string of the molecule is CC/C(=C\c1ccccc1)[C@@H]1C[C@H]1N[C@H]1CC[C@H](NCC(C)(C)C#N)CC1. The van der Waals surface area contributed by atoms with Gasteiger partial charge in [-0.1, -0.05) is 48.9 Å². The van der Waals surface area contributed by atoms with Gasteiger partial charge in [0.05, 0.1) is 11.5 Å². The van der Waals surface area contributed by atoms with E-state index in [1.165, 1.54) is 37.7 Å². The topological polar surface area (TPSA) is 47.8 Å². The number of nitriles is 1. The fourth-order valence-electron chi connectivity index (χ4n) is 4.23. The Morgan fingerprint density at radius 3 is 2.44 bits per heavy atom. The van der Waals surface area contributed by atoms with Crippen LogP contribution in [0.25, 0.3) is 6.08 Å². The second-order valence-corrected chi connectivity index (χ2v) is 9.02. The third-order valence-corrected chi connectivity index (χ3v) is 6.14. The van der Waals surface area contributed by atoms with E-state index in [1.807, 2.05) is 13.8 Å². The molecule has 0 aliphatic heterocycles. The summed E-state index contributed by atoms with van der Waals surface area (Å²) in [5.74, 6) is 0.725. The van der Waals surface area contributed by atoms with E-state index in [4.69, 9.17) is 5.26 Å². The minimum atomic E-state index is -0.266. The Kier molecular flexibility index (Phi) is 6.73. The molecule has 0 radical (unpaired) electrons. The lowest BCUT2D eigenvalue weighted by atomic mass is 9.89. The van der Waals surface area contributed by atoms with Crippen LogP contribution in [-0.2, 0) is 0 Å². The first-order valence-corrected chi connectivity index (χ1v) is 10.7. The summed E-state index contributed by atoms with van der Waals surface area (Å²) in [4.78, 5) is 0. The van der Waals surface area contributed by atoms with Gasteiger partial charge in [0, 0.05) is 24.7 Å². The van der Waals surface area contributed by atoms with Crippen LogP contribution in [0, 0.1) is 22.7 Å². The van der Waals surface area contributed by atoms with Gasteiger partial charge in [0.25, 0.3) is 0 Å². The molecule has 0 unspecified atom stereocenters. The maximum absolute atomic E-state index is 9.15. The molecule has 146 valence electrons. The van der Waals surface area contributed by atoms with Gasteiger partial charge in [-0.05, 0) is 63.9 Å². The predicted octanol–water partition coefficient (Wildman–Crippen LogP) is 4.91. The zero-order valence-electron chi connectivity index (χ0n) is 17.2. The molecule has 3 rings (SSSR count). The third kappa shape index (κ3) is 5.92. The summed E-state index contributed by atoms with van der Waals surface area (Å²) < 4.78 is 0. The number of hydrogen-bond acceptors (Lipinski definition) is 3. The number of nitrogens with one attached hydrogen (secondary N) is 2. The summed E-state index contributed by atoms with van der Waals surface area (Å²) in [6, 6.07) is 15.0. The second kappa shape index (κ2) is 9.04. The number of benzene rings is 1. The zero-order chi connectivity index (χ0) is 19.3. The van der Waals surface area contributed by atoms with Gasteiger partial charge in [-0.25, -0.2) is 0 Å². The number of rotatable bonds is 8. The fraction of sp³-hybridized carbons (Fsp3) is 0.625. The summed E-state index contributed by atoms with van der Waals surface area (Å²) >= 11 is 0. The molecule has 0 saturated heterocycles. The summed E-state index contributed by atoms with van der Waals surface area (Å²) in [6.07, 6.45) is 9.76. The lowest BCUT2D eigenvalue weighted by Gasteiger charge is -2.31. The van der Waals surface area contributed by atoms with E-state index in [0.29, 0.717) is 18.1 Å². The number of nitrogens with zero attached hydrogens (tertiary/aromatic N) is 1. The quantitative estimate of drug-likeness (QED) is 0.688. The molecule has 2 saturated carbocycles. The summed E-state index contributed by atoms with van der Waals surface area (Å²) in [5.41, 5.74) is 2.65. The Morgan fingerprint density at radius 2 is 1.81 bits per heavy atom. The van der Waals surface area contributed by atoms with E-state index in [-0.39, 0.29) is 5.41 Å². The van der Waals surface area contributed by atoms with E-state index in [2.05, 4.69) is 60.0 Å². The zero-order valence-corrected chi connectivity index (χ0v) is 17.2. The Hall–Kier alpha value is -1.63. The highest BCUT2D eigenvalue weighted by Gasteiger charge is 2.40. The molecule has 0 aromatic heterocycles. The molecule has 0 spiro atoms. The summed E-state index contributed by atoms with van der Waals surface area (Å²) in [5, 5.41) is 16.7. The maximum atomic E-state index is 9.15. The van der Waals surface area contributed by atoms with Gasteiger partial charge in [-0.3, -0.25) is 0 Å². The molecule has 27 heavy (non-hydrogen) atoms. The van der Waals surface area contributed by atoms with Gasteiger partial charge in [-0.15, -0.1) is 0 Å². The minimum absolute atomic E-state index is 0.266. The first kappa shape index (κ1) is 20.1. The second-order valence-electron chi connectivity index (χ2n) is 9.02. The van der Waals surface area contributed by atoms with Crippen molar-refractivity contribution in [2.24, 2.45) is 11.3 Å². The summed E-state index contributed by atoms with van der Waals surface area (Å²) in [7, 11) is 0. The standard InChI is InChI=1S/C24H35N3/c1-4-19(14-18-8-6-5-7-9-18)22-15-23(22)27-21-12-10-20(11-13-21)26-17-24(2,3)16-25/h5-9,14,20-23,26-27H,4,10-13,15,17H2,1-3H3/b19-14+/t20-,21-,22-,23+/m0/s1. The Morgan fingerprint density at radius 1 is 1.15 bits per heavy atom. The molecule has 2 aliphatic rings. The smallest absolute Gasteiger partial charge is 0.0697 e. The van der Waals surface area contributed by atoms with Crippen LogP contribution in [0.2, 0.25) is 0 Å². The molecule has 2 atom stereocenters. The van der Waals surface area contributed by atoms with Crippen molar-refractivity contribution in [1.29, 1.82) is 5.26 Å². The largest absolute Gasteiger partial charge is 0.312 e. The van der Waals surface area contributed by atoms with Gasteiger partial charge in [0.15, 0.2) is 0 Å². The first-order chi connectivity index (χ1) is 13.0. The van der Waals surface area contributed by atoms with Crippen LogP contribution in [0.15, 0.2) is 35.9 Å². The highest BCUT2D eigenvalue weighted by Crippen LogP contribution is 2.40. The van der Waals surface area contributed by atoms with Crippen molar-refractivity contribution in [3.8, 4) is 6.07 Å². The van der Waals surface area contributed by atoms with E-state index in [1.54, 1.807) is 5.57 Å². The molecule has 2 N–H and O–H groups in total. The van der Waals surface area contributed by atoms with Crippen molar-refractivity contribution in [3.63, 3.8) is 0 Å². The van der Waals surface area contributed by atoms with Crippen molar-refractivity contribution in [2.75, 3.05) is 6.54 Å². The molecule has 0 bridgehead atoms. The van der Waals surface area contributed by atoms with E-state index in [0.717, 1.165) is 18.9 Å². The van der Waals surface area contributed by atoms with Crippen LogP contribution in [0.4, 0.5) is 0 Å². The molecule has 0 heterocycles. The van der Waals surface area contributed by atoms with Gasteiger partial charge in [-0.2, -0.15) is 5.26 Å². The molecular weight excluding hydrogens is 330 g/mol. The van der Waals surface area contributed by atoms with Gasteiger partial charge < -0.3 is 10.6 Å². The number of hydrogen-bond donors (Lipinski definition) is 2. The third-order valence-electron chi connectivity index (χ3n) is 6.14. The van der Waals surface area contributed by atoms with Crippen LogP contribution in [0.1, 0.15) is 64.9 Å². The van der Waals surface area contributed by atoms with Crippen molar-refractivity contribution < 1.29 is 0 Å². The van der Waals surface area contributed by atoms with Crippen molar-refractivity contribution >= 4 is 6.08 Å². The molecule has 1 aromatic carbocycles. The van der Waals surface area contributed by atoms with Gasteiger partial charge in [0.2, 0.25) is 0 Å². The fourth-order valence-corrected chi connectivity index (χ4v) is 4.23. The Labute approximate surface area is 165 Å². The molecule has 0 amide bonds. The van der Waals surface area contributed by atoms with E-state index >= 15 is 0 Å². The predicted molar refractivity (Wildman–Crippen MR) is 113 cm³/mol. The lowest BCUT2D eigenvalue weighted by molar-refractivity contribution is 0.286. The van der Waals surface area contributed by atoms with Gasteiger partial charge >= 0.3 is 0 Å². The molecular formula is C24H35N3. The molecule has 3 heteroatoms. The molecule has 2 aliphatic carbocycles. The Balaban J connectivity index is 1.42. The summed E-state index contributed by atoms with van der Waals surface area (Å²) in [6.45, 7) is 7.09. The van der Waals surface area contributed by atoms with Crippen molar-refractivity contribution in [3.05, 3.63) is 41.5 Å². The minimum Gasteiger partial charge on any atom is -0.312 e. The van der Waals surface area contributed by atoms with E-state index in [9.17, 15) is 0 Å². The highest BCUT2D eigenvalue weighted by atomic mass is 15.0. The molecule has 1 aromatic rings. The van der Waals surface area contributed by atoms with Gasteiger partial charge in [0.1, 0.15) is 0 Å². The Bertz CT molecular complexity index is 663.